The molecule has 2 amide bonds. The van der Waals surface area contributed by atoms with Crippen molar-refractivity contribution in [2.24, 2.45) is 0 Å². The summed E-state index contributed by atoms with van der Waals surface area (Å²) in [7, 11) is 0. The van der Waals surface area contributed by atoms with E-state index in [1.165, 1.54) is 4.90 Å². The number of hydrogen-bond donors (Lipinski definition) is 1. The Labute approximate surface area is 182 Å². The van der Waals surface area contributed by atoms with E-state index in [2.05, 4.69) is 0 Å². The Morgan fingerprint density at radius 1 is 0.625 bits per heavy atom. The molecule has 0 fully saturated rings. The van der Waals surface area contributed by atoms with E-state index in [0.717, 1.165) is 5.39 Å². The molecule has 0 saturated carbocycles. The third-order valence-electron chi connectivity index (χ3n) is 6.07. The van der Waals surface area contributed by atoms with Gasteiger partial charge in [-0.3, -0.25) is 14.4 Å². The van der Waals surface area contributed by atoms with E-state index in [4.69, 9.17) is 0 Å². The molecule has 1 aliphatic heterocycles. The molecule has 4 aromatic carbocycles. The molecule has 0 radical (unpaired) electrons. The van der Waals surface area contributed by atoms with Crippen LogP contribution in [0.5, 0.6) is 0 Å². The van der Waals surface area contributed by atoms with Gasteiger partial charge in [-0.25, -0.2) is 4.90 Å². The summed E-state index contributed by atoms with van der Waals surface area (Å²) in [6, 6.07) is 24.4. The number of carbonyl (C=O) groups excluding carboxylic acids is 3. The van der Waals surface area contributed by atoms with Gasteiger partial charge in [0, 0.05) is 16.5 Å². The van der Waals surface area contributed by atoms with Crippen LogP contribution in [-0.2, 0) is 0 Å². The van der Waals surface area contributed by atoms with Gasteiger partial charge >= 0.3 is 0 Å². The van der Waals surface area contributed by atoms with Crippen LogP contribution in [0, 0.1) is 0 Å². The summed E-state index contributed by atoms with van der Waals surface area (Å²) < 4.78 is 0. The Morgan fingerprint density at radius 2 is 1.25 bits per heavy atom. The number of amides is 2. The topological polar surface area (TPSA) is 74.7 Å². The van der Waals surface area contributed by atoms with Crippen molar-refractivity contribution in [1.82, 2.24) is 0 Å². The molecule has 0 spiro atoms. The molecule has 0 unspecified atom stereocenters. The zero-order valence-electron chi connectivity index (χ0n) is 16.7. The fraction of sp³-hybridized carbons (Fsp3) is 0. The van der Waals surface area contributed by atoms with E-state index < -0.39 is 0 Å². The number of aliphatic hydroxyl groups is 1. The fourth-order valence-corrected chi connectivity index (χ4v) is 4.55. The lowest BCUT2D eigenvalue weighted by molar-refractivity contribution is 0.0925. The summed E-state index contributed by atoms with van der Waals surface area (Å²) in [4.78, 5) is 40.3. The number of carbonyl (C=O) groups is 3. The molecular weight excluding hydrogens is 402 g/mol. The van der Waals surface area contributed by atoms with Gasteiger partial charge in [-0.1, -0.05) is 60.7 Å². The quantitative estimate of drug-likeness (QED) is 0.451. The molecule has 6 rings (SSSR count). The Kier molecular flexibility index (Phi) is 3.71. The standard InChI is InChI=1S/C27H15NO4/c29-24-17-7-1-2-8-18(17)25(30)23(24)16-13-12-15-6-5-11-22(21(15)14-16)28-26(31)19-9-3-4-10-20(19)27(28)32/h1-14,29H. The summed E-state index contributed by atoms with van der Waals surface area (Å²) >= 11 is 0. The smallest absolute Gasteiger partial charge is 0.266 e. The van der Waals surface area contributed by atoms with Crippen molar-refractivity contribution in [3.8, 4) is 0 Å². The number of aliphatic hydroxyl groups excluding tert-OH is 1. The van der Waals surface area contributed by atoms with Gasteiger partial charge in [-0.2, -0.15) is 0 Å². The normalized spacial score (nSPS) is 15.0. The maximum Gasteiger partial charge on any atom is 0.266 e. The number of rotatable bonds is 2. The zero-order valence-corrected chi connectivity index (χ0v) is 16.7. The SMILES string of the molecule is O=C1C(c2ccc3cccc(N4C(=O)c5ccccc5C4=O)c3c2)=C(O)c2ccccc21. The second kappa shape index (κ2) is 6.49. The van der Waals surface area contributed by atoms with Gasteiger partial charge in [-0.05, 0) is 35.2 Å². The first kappa shape index (κ1) is 18.3. The molecule has 0 atom stereocenters. The molecular formula is C27H15NO4. The summed E-state index contributed by atoms with van der Waals surface area (Å²) in [5.74, 6) is -1.08. The lowest BCUT2D eigenvalue weighted by atomic mass is 9.97. The first-order valence-electron chi connectivity index (χ1n) is 10.1. The maximum absolute atomic E-state index is 13.0. The van der Waals surface area contributed by atoms with Gasteiger partial charge in [0.2, 0.25) is 0 Å². The molecule has 0 aromatic heterocycles. The van der Waals surface area contributed by atoms with Crippen LogP contribution >= 0.6 is 0 Å². The van der Waals surface area contributed by atoms with Crippen molar-refractivity contribution in [3.63, 3.8) is 0 Å². The molecule has 1 aliphatic carbocycles. The van der Waals surface area contributed by atoms with E-state index in [9.17, 15) is 19.5 Å². The highest BCUT2D eigenvalue weighted by molar-refractivity contribution is 6.39. The molecule has 1 heterocycles. The van der Waals surface area contributed by atoms with Crippen LogP contribution in [0.4, 0.5) is 5.69 Å². The summed E-state index contributed by atoms with van der Waals surface area (Å²) in [5, 5.41) is 12.2. The van der Waals surface area contributed by atoms with E-state index in [0.29, 0.717) is 38.9 Å². The molecule has 152 valence electrons. The first-order valence-corrected chi connectivity index (χ1v) is 10.1. The van der Waals surface area contributed by atoms with Crippen molar-refractivity contribution in [3.05, 3.63) is 113 Å². The number of Topliss-reactive ketones (excluding diaryl/α,β-unsaturated/α-hetero) is 1. The average molecular weight is 417 g/mol. The monoisotopic (exact) mass is 417 g/mol. The lowest BCUT2D eigenvalue weighted by Crippen LogP contribution is -2.29. The van der Waals surface area contributed by atoms with Crippen LogP contribution in [0.1, 0.15) is 42.2 Å². The third kappa shape index (κ3) is 2.36. The number of benzene rings is 4. The molecule has 32 heavy (non-hydrogen) atoms. The first-order chi connectivity index (χ1) is 15.6. The number of allylic oxidation sites excluding steroid dienone is 1. The van der Waals surface area contributed by atoms with Crippen LogP contribution < -0.4 is 4.90 Å². The second-order valence-corrected chi connectivity index (χ2v) is 7.80. The van der Waals surface area contributed by atoms with Gasteiger partial charge in [0.15, 0.2) is 5.78 Å². The minimum Gasteiger partial charge on any atom is -0.507 e. The van der Waals surface area contributed by atoms with Crippen LogP contribution in [0.25, 0.3) is 22.1 Å². The number of nitrogens with zero attached hydrogens (tertiary/aromatic N) is 1. The largest absolute Gasteiger partial charge is 0.507 e. The number of imide groups is 1. The fourth-order valence-electron chi connectivity index (χ4n) is 4.55. The number of anilines is 1. The molecule has 1 N–H and O–H groups in total. The van der Waals surface area contributed by atoms with E-state index in [1.807, 2.05) is 12.1 Å². The van der Waals surface area contributed by atoms with E-state index in [-0.39, 0.29) is 28.9 Å². The van der Waals surface area contributed by atoms with Crippen LogP contribution in [0.15, 0.2) is 84.9 Å². The minimum absolute atomic E-state index is 0.0665. The highest BCUT2D eigenvalue weighted by atomic mass is 16.3. The molecule has 2 aliphatic rings. The molecule has 5 heteroatoms. The second-order valence-electron chi connectivity index (χ2n) is 7.80. The van der Waals surface area contributed by atoms with Gasteiger partial charge in [0.1, 0.15) is 5.76 Å². The van der Waals surface area contributed by atoms with Crippen LogP contribution in [-0.4, -0.2) is 22.7 Å². The van der Waals surface area contributed by atoms with Crippen molar-refractivity contribution in [2.75, 3.05) is 4.90 Å². The third-order valence-corrected chi connectivity index (χ3v) is 6.07. The minimum atomic E-state index is -0.380. The average Bonchev–Trinajstić information content (AvgIpc) is 3.23. The number of fused-ring (bicyclic) bond motifs is 3. The Hall–Kier alpha value is -4.51. The summed E-state index contributed by atoms with van der Waals surface area (Å²) in [6.07, 6.45) is 0. The Morgan fingerprint density at radius 3 is 1.91 bits per heavy atom. The molecule has 0 saturated heterocycles. The van der Waals surface area contributed by atoms with Gasteiger partial charge in [0.25, 0.3) is 11.8 Å². The van der Waals surface area contributed by atoms with Gasteiger partial charge < -0.3 is 5.11 Å². The molecule has 0 bridgehead atoms. The zero-order chi connectivity index (χ0) is 22.0. The van der Waals surface area contributed by atoms with E-state index >= 15 is 0 Å². The highest BCUT2D eigenvalue weighted by Crippen LogP contribution is 2.39. The predicted molar refractivity (Wildman–Crippen MR) is 122 cm³/mol. The van der Waals surface area contributed by atoms with Gasteiger partial charge in [0.05, 0.1) is 22.4 Å². The molecule has 4 aromatic rings. The van der Waals surface area contributed by atoms with Crippen molar-refractivity contribution < 1.29 is 19.5 Å². The molecule has 5 nitrogen and oxygen atoms in total. The lowest BCUT2D eigenvalue weighted by Gasteiger charge is -2.17. The highest BCUT2D eigenvalue weighted by Gasteiger charge is 2.37. The summed E-state index contributed by atoms with van der Waals surface area (Å²) in [5.41, 5.74) is 2.87. The Bertz CT molecular complexity index is 1510. The van der Waals surface area contributed by atoms with Crippen molar-refractivity contribution in [2.45, 2.75) is 0 Å². The number of ketones is 1. The maximum atomic E-state index is 13.0. The Balaban J connectivity index is 1.53. The van der Waals surface area contributed by atoms with Crippen molar-refractivity contribution >= 4 is 45.4 Å². The van der Waals surface area contributed by atoms with E-state index in [1.54, 1.807) is 72.8 Å². The number of hydrogen-bond acceptors (Lipinski definition) is 4. The summed E-state index contributed by atoms with van der Waals surface area (Å²) in [6.45, 7) is 0. The van der Waals surface area contributed by atoms with Crippen molar-refractivity contribution in [1.29, 1.82) is 0 Å². The van der Waals surface area contributed by atoms with Crippen LogP contribution in [0.2, 0.25) is 0 Å². The van der Waals surface area contributed by atoms with Gasteiger partial charge in [-0.15, -0.1) is 0 Å². The van der Waals surface area contributed by atoms with Crippen LogP contribution in [0.3, 0.4) is 0 Å². The predicted octanol–water partition coefficient (Wildman–Crippen LogP) is 5.26.